The van der Waals surface area contributed by atoms with E-state index in [2.05, 4.69) is 5.32 Å². The minimum Gasteiger partial charge on any atom is -0.509 e. The normalized spacial score (nSPS) is 27.8. The third-order valence-electron chi connectivity index (χ3n) is 4.82. The van der Waals surface area contributed by atoms with Crippen LogP contribution in [0.2, 0.25) is 5.02 Å². The molecule has 0 bridgehead atoms. The molecule has 1 aliphatic carbocycles. The van der Waals surface area contributed by atoms with Crippen LogP contribution < -0.4 is 5.32 Å². The van der Waals surface area contributed by atoms with Crippen LogP contribution in [0.1, 0.15) is 36.0 Å². The Morgan fingerprint density at radius 3 is 2.55 bits per heavy atom. The van der Waals surface area contributed by atoms with E-state index in [0.717, 1.165) is 23.1 Å². The number of ether oxygens (including phenoxy) is 1. The molecular weight excluding hydrogens is 302 g/mol. The third kappa shape index (κ3) is 2.22. The Kier molecular flexibility index (Phi) is 3.69. The van der Waals surface area contributed by atoms with Crippen LogP contribution in [-0.4, -0.2) is 29.8 Å². The maximum absolute atomic E-state index is 12.5. The molecule has 5 heteroatoms. The lowest BCUT2D eigenvalue weighted by molar-refractivity contribution is -0.116. The lowest BCUT2D eigenvalue weighted by atomic mass is 9.90. The van der Waals surface area contributed by atoms with Crippen LogP contribution in [0.4, 0.5) is 0 Å². The maximum Gasteiger partial charge on any atom is 0.256 e. The molecule has 3 rings (SSSR count). The highest BCUT2D eigenvalue weighted by molar-refractivity contribution is 6.31. The van der Waals surface area contributed by atoms with Gasteiger partial charge in [-0.2, -0.15) is 0 Å². The number of carbonyl (C=O) groups excluding carboxylic acids is 1. The smallest absolute Gasteiger partial charge is 0.256 e. The predicted octanol–water partition coefficient (Wildman–Crippen LogP) is 3.29. The fraction of sp³-hybridized carbons (Fsp3) is 0.471. The molecule has 1 amide bonds. The first-order valence-corrected chi connectivity index (χ1v) is 7.82. The summed E-state index contributed by atoms with van der Waals surface area (Å²) in [6.07, 6.45) is 2.19. The van der Waals surface area contributed by atoms with Crippen LogP contribution in [0.5, 0.6) is 0 Å². The van der Waals surface area contributed by atoms with E-state index in [-0.39, 0.29) is 17.8 Å². The number of nitrogens with one attached hydrogen (secondary N) is 1. The Balaban J connectivity index is 2.11. The minimum absolute atomic E-state index is 0.0641. The third-order valence-corrected chi connectivity index (χ3v) is 5.04. The predicted molar refractivity (Wildman–Crippen MR) is 86.0 cm³/mol. The van der Waals surface area contributed by atoms with Crippen LogP contribution in [0, 0.1) is 13.8 Å². The molecule has 22 heavy (non-hydrogen) atoms. The van der Waals surface area contributed by atoms with Crippen molar-refractivity contribution in [3.63, 3.8) is 0 Å². The number of benzene rings is 1. The summed E-state index contributed by atoms with van der Waals surface area (Å²) in [5.74, 6) is -0.0756. The van der Waals surface area contributed by atoms with Crippen molar-refractivity contribution in [1.29, 1.82) is 0 Å². The van der Waals surface area contributed by atoms with Gasteiger partial charge in [-0.25, -0.2) is 0 Å². The van der Waals surface area contributed by atoms with E-state index in [0.29, 0.717) is 23.4 Å². The van der Waals surface area contributed by atoms with Gasteiger partial charge in [-0.3, -0.25) is 4.79 Å². The van der Waals surface area contributed by atoms with Gasteiger partial charge in [0, 0.05) is 18.6 Å². The second kappa shape index (κ2) is 5.28. The van der Waals surface area contributed by atoms with Gasteiger partial charge in [0.1, 0.15) is 11.3 Å². The van der Waals surface area contributed by atoms with Crippen LogP contribution in [0.25, 0.3) is 5.57 Å². The van der Waals surface area contributed by atoms with Crippen molar-refractivity contribution in [2.75, 3.05) is 7.11 Å². The van der Waals surface area contributed by atoms with E-state index < -0.39 is 5.54 Å². The van der Waals surface area contributed by atoms with Crippen molar-refractivity contribution in [3.8, 4) is 0 Å². The molecule has 2 atom stereocenters. The molecule has 1 aromatic carbocycles. The topological polar surface area (TPSA) is 58.6 Å². The number of halogens is 1. The van der Waals surface area contributed by atoms with Gasteiger partial charge < -0.3 is 15.2 Å². The summed E-state index contributed by atoms with van der Waals surface area (Å²) < 4.78 is 5.38. The van der Waals surface area contributed by atoms with Gasteiger partial charge in [-0.05, 0) is 55.5 Å². The van der Waals surface area contributed by atoms with Gasteiger partial charge in [0.05, 0.1) is 11.7 Å². The highest BCUT2D eigenvalue weighted by Gasteiger charge is 2.51. The SMILES string of the molecule is COC1CCC2(C1)NC(=O)C(c1c(C)cc(Cl)cc1C)=C2O. The Morgan fingerprint density at radius 2 is 2.00 bits per heavy atom. The fourth-order valence-electron chi connectivity index (χ4n) is 3.75. The summed E-state index contributed by atoms with van der Waals surface area (Å²) in [6, 6.07) is 3.63. The van der Waals surface area contributed by atoms with Crippen LogP contribution in [0.15, 0.2) is 17.9 Å². The van der Waals surface area contributed by atoms with E-state index >= 15 is 0 Å². The number of methoxy groups -OCH3 is 1. The Bertz CT molecular complexity index is 659. The summed E-state index contributed by atoms with van der Waals surface area (Å²) in [7, 11) is 1.66. The molecule has 118 valence electrons. The molecule has 2 unspecified atom stereocenters. The van der Waals surface area contributed by atoms with Crippen molar-refractivity contribution in [2.45, 2.75) is 44.8 Å². The van der Waals surface area contributed by atoms with Crippen LogP contribution >= 0.6 is 11.6 Å². The fourth-order valence-corrected chi connectivity index (χ4v) is 4.08. The van der Waals surface area contributed by atoms with Crippen molar-refractivity contribution in [2.24, 2.45) is 0 Å². The largest absolute Gasteiger partial charge is 0.509 e. The zero-order valence-electron chi connectivity index (χ0n) is 13.0. The second-order valence-electron chi connectivity index (χ2n) is 6.27. The van der Waals surface area contributed by atoms with Gasteiger partial charge >= 0.3 is 0 Å². The summed E-state index contributed by atoms with van der Waals surface area (Å²) in [6.45, 7) is 3.80. The molecule has 2 aliphatic rings. The Hall–Kier alpha value is -1.52. The lowest BCUT2D eigenvalue weighted by Crippen LogP contribution is -2.42. The molecule has 0 radical (unpaired) electrons. The number of rotatable bonds is 2. The molecule has 1 fully saturated rings. The van der Waals surface area contributed by atoms with Gasteiger partial charge in [0.2, 0.25) is 0 Å². The second-order valence-corrected chi connectivity index (χ2v) is 6.71. The van der Waals surface area contributed by atoms with Gasteiger partial charge in [-0.15, -0.1) is 0 Å². The first kappa shape index (κ1) is 15.4. The average Bonchev–Trinajstić information content (AvgIpc) is 2.95. The number of aliphatic hydroxyl groups is 1. The molecular formula is C17H20ClNO3. The standard InChI is InChI=1S/C17H20ClNO3/c1-9-6-11(18)7-10(2)13(9)14-15(20)17(19-16(14)21)5-4-12(8-17)22-3/h6-7,12,20H,4-5,8H2,1-3H3,(H,19,21). The molecule has 1 spiro atoms. The number of hydrogen-bond donors (Lipinski definition) is 2. The molecule has 1 saturated carbocycles. The average molecular weight is 322 g/mol. The van der Waals surface area contributed by atoms with Crippen molar-refractivity contribution in [3.05, 3.63) is 39.6 Å². The maximum atomic E-state index is 12.5. The van der Waals surface area contributed by atoms with Crippen LogP contribution in [0.3, 0.4) is 0 Å². The first-order chi connectivity index (χ1) is 10.4. The summed E-state index contributed by atoms with van der Waals surface area (Å²) in [4.78, 5) is 12.5. The first-order valence-electron chi connectivity index (χ1n) is 7.44. The lowest BCUT2D eigenvalue weighted by Gasteiger charge is -2.23. The number of aryl methyl sites for hydroxylation is 2. The molecule has 1 heterocycles. The number of carbonyl (C=O) groups is 1. The molecule has 0 aromatic heterocycles. The van der Waals surface area contributed by atoms with E-state index in [9.17, 15) is 9.90 Å². The summed E-state index contributed by atoms with van der Waals surface area (Å²) in [5, 5.41) is 14.4. The van der Waals surface area contributed by atoms with Gasteiger partial charge in [-0.1, -0.05) is 11.6 Å². The summed E-state index contributed by atoms with van der Waals surface area (Å²) in [5.41, 5.74) is 2.26. The van der Waals surface area contributed by atoms with Gasteiger partial charge in [0.25, 0.3) is 5.91 Å². The summed E-state index contributed by atoms with van der Waals surface area (Å²) >= 11 is 6.06. The Labute approximate surface area is 135 Å². The zero-order valence-corrected chi connectivity index (χ0v) is 13.8. The highest BCUT2D eigenvalue weighted by atomic mass is 35.5. The molecule has 4 nitrogen and oxygen atoms in total. The van der Waals surface area contributed by atoms with Gasteiger partial charge in [0.15, 0.2) is 0 Å². The van der Waals surface area contributed by atoms with E-state index in [4.69, 9.17) is 16.3 Å². The molecule has 0 saturated heterocycles. The zero-order chi connectivity index (χ0) is 16.1. The Morgan fingerprint density at radius 1 is 1.36 bits per heavy atom. The van der Waals surface area contributed by atoms with E-state index in [1.54, 1.807) is 7.11 Å². The number of hydrogen-bond acceptors (Lipinski definition) is 3. The molecule has 1 aliphatic heterocycles. The monoisotopic (exact) mass is 321 g/mol. The quantitative estimate of drug-likeness (QED) is 0.878. The van der Waals surface area contributed by atoms with E-state index in [1.165, 1.54) is 0 Å². The van der Waals surface area contributed by atoms with Crippen molar-refractivity contribution >= 4 is 23.1 Å². The van der Waals surface area contributed by atoms with E-state index in [1.807, 2.05) is 26.0 Å². The highest BCUT2D eigenvalue weighted by Crippen LogP contribution is 2.44. The van der Waals surface area contributed by atoms with Crippen molar-refractivity contribution < 1.29 is 14.6 Å². The van der Waals surface area contributed by atoms with Crippen molar-refractivity contribution in [1.82, 2.24) is 5.32 Å². The number of aliphatic hydroxyl groups excluding tert-OH is 1. The number of amides is 1. The minimum atomic E-state index is -0.675. The van der Waals surface area contributed by atoms with Crippen LogP contribution in [-0.2, 0) is 9.53 Å². The molecule has 1 aromatic rings. The molecule has 2 N–H and O–H groups in total.